The molecule has 0 bridgehead atoms. The van der Waals surface area contributed by atoms with E-state index in [0.29, 0.717) is 17.9 Å². The van der Waals surface area contributed by atoms with E-state index in [4.69, 9.17) is 0 Å². The second-order valence-electron chi connectivity index (χ2n) is 8.25. The quantitative estimate of drug-likeness (QED) is 0.823. The van der Waals surface area contributed by atoms with E-state index in [1.54, 1.807) is 0 Å². The summed E-state index contributed by atoms with van der Waals surface area (Å²) in [6.07, 6.45) is 9.15. The second-order valence-corrected chi connectivity index (χ2v) is 8.25. The molecule has 3 nitrogen and oxygen atoms in total. The zero-order valence-electron chi connectivity index (χ0n) is 15.3. The average Bonchev–Trinajstić information content (AvgIpc) is 2.53. The zero-order valence-corrected chi connectivity index (χ0v) is 15.3. The standard InChI is InChI=1S/C19H36N2O/c1-6-18(4)13-16(14(3)19(5,7-2)21-18)20-17(22)15-11-9-8-10-12-15/h14-16,21H,6-13H2,1-5H3,(H,20,22). The van der Waals surface area contributed by atoms with E-state index in [9.17, 15) is 4.79 Å². The molecule has 0 aromatic carbocycles. The van der Waals surface area contributed by atoms with Crippen molar-refractivity contribution >= 4 is 5.91 Å². The number of rotatable bonds is 4. The Hall–Kier alpha value is -0.570. The molecule has 3 heteroatoms. The van der Waals surface area contributed by atoms with E-state index in [-0.39, 0.29) is 17.0 Å². The highest BCUT2D eigenvalue weighted by Gasteiger charge is 2.46. The molecule has 1 heterocycles. The highest BCUT2D eigenvalue weighted by atomic mass is 16.1. The lowest BCUT2D eigenvalue weighted by molar-refractivity contribution is -0.128. The van der Waals surface area contributed by atoms with Crippen molar-refractivity contribution in [2.45, 2.75) is 103 Å². The Morgan fingerprint density at radius 1 is 1.14 bits per heavy atom. The minimum atomic E-state index is 0.105. The van der Waals surface area contributed by atoms with Gasteiger partial charge >= 0.3 is 0 Å². The molecule has 1 saturated heterocycles. The molecule has 4 unspecified atom stereocenters. The lowest BCUT2D eigenvalue weighted by atomic mass is 9.69. The average molecular weight is 309 g/mol. The van der Waals surface area contributed by atoms with Crippen LogP contribution in [0.1, 0.15) is 86.0 Å². The fourth-order valence-electron chi connectivity index (χ4n) is 4.44. The Morgan fingerprint density at radius 3 is 2.32 bits per heavy atom. The number of piperidine rings is 1. The molecule has 1 saturated carbocycles. The number of nitrogens with one attached hydrogen (secondary N) is 2. The Balaban J connectivity index is 2.08. The number of carbonyl (C=O) groups excluding carboxylic acids is 1. The topological polar surface area (TPSA) is 41.1 Å². The molecule has 4 atom stereocenters. The molecule has 0 radical (unpaired) electrons. The van der Waals surface area contributed by atoms with Gasteiger partial charge in [-0.2, -0.15) is 0 Å². The normalized spacial score (nSPS) is 40.4. The first kappa shape index (κ1) is 17.8. The first-order chi connectivity index (χ1) is 10.3. The van der Waals surface area contributed by atoms with Crippen molar-refractivity contribution in [1.29, 1.82) is 0 Å². The summed E-state index contributed by atoms with van der Waals surface area (Å²) >= 11 is 0. The van der Waals surface area contributed by atoms with Crippen molar-refractivity contribution in [3.8, 4) is 0 Å². The van der Waals surface area contributed by atoms with Crippen molar-refractivity contribution in [1.82, 2.24) is 10.6 Å². The summed E-state index contributed by atoms with van der Waals surface area (Å²) in [6.45, 7) is 11.4. The molecular formula is C19H36N2O. The predicted octanol–water partition coefficient (Wildman–Crippen LogP) is 4.02. The largest absolute Gasteiger partial charge is 0.353 e. The van der Waals surface area contributed by atoms with E-state index in [1.807, 2.05) is 0 Å². The fraction of sp³-hybridized carbons (Fsp3) is 0.947. The number of hydrogen-bond donors (Lipinski definition) is 2. The fourth-order valence-corrected chi connectivity index (χ4v) is 4.44. The minimum absolute atomic E-state index is 0.105. The Kier molecular flexibility index (Phi) is 5.58. The van der Waals surface area contributed by atoms with Crippen molar-refractivity contribution < 1.29 is 4.79 Å². The van der Waals surface area contributed by atoms with E-state index in [0.717, 1.165) is 32.1 Å². The van der Waals surface area contributed by atoms with Crippen LogP contribution in [0.15, 0.2) is 0 Å². The van der Waals surface area contributed by atoms with Crippen LogP contribution in [0.2, 0.25) is 0 Å². The number of amides is 1. The Labute approximate surface area is 137 Å². The van der Waals surface area contributed by atoms with Gasteiger partial charge in [0.15, 0.2) is 0 Å². The van der Waals surface area contributed by atoms with Crippen LogP contribution in [0.4, 0.5) is 0 Å². The van der Waals surface area contributed by atoms with Crippen LogP contribution in [0.25, 0.3) is 0 Å². The van der Waals surface area contributed by atoms with Gasteiger partial charge < -0.3 is 10.6 Å². The third-order valence-electron chi connectivity index (χ3n) is 6.68. The van der Waals surface area contributed by atoms with Crippen LogP contribution in [0.5, 0.6) is 0 Å². The molecule has 1 amide bonds. The van der Waals surface area contributed by atoms with E-state index < -0.39 is 0 Å². The smallest absolute Gasteiger partial charge is 0.223 e. The van der Waals surface area contributed by atoms with Crippen LogP contribution in [0.3, 0.4) is 0 Å². The van der Waals surface area contributed by atoms with Gasteiger partial charge in [0.05, 0.1) is 0 Å². The van der Waals surface area contributed by atoms with Gasteiger partial charge in [-0.25, -0.2) is 0 Å². The predicted molar refractivity (Wildman–Crippen MR) is 92.8 cm³/mol. The molecular weight excluding hydrogens is 272 g/mol. The van der Waals surface area contributed by atoms with Crippen LogP contribution in [-0.2, 0) is 4.79 Å². The first-order valence-corrected chi connectivity index (χ1v) is 9.43. The van der Waals surface area contributed by atoms with Gasteiger partial charge in [0.2, 0.25) is 5.91 Å². The highest BCUT2D eigenvalue weighted by Crippen LogP contribution is 2.37. The molecule has 2 aliphatic rings. The molecule has 1 aliphatic carbocycles. The van der Waals surface area contributed by atoms with Gasteiger partial charge in [-0.05, 0) is 51.9 Å². The van der Waals surface area contributed by atoms with E-state index in [1.165, 1.54) is 19.3 Å². The molecule has 22 heavy (non-hydrogen) atoms. The summed E-state index contributed by atoms with van der Waals surface area (Å²) in [4.78, 5) is 12.7. The maximum Gasteiger partial charge on any atom is 0.223 e. The van der Waals surface area contributed by atoms with Crippen molar-refractivity contribution in [3.63, 3.8) is 0 Å². The summed E-state index contributed by atoms with van der Waals surface area (Å²) in [5, 5.41) is 7.33. The highest BCUT2D eigenvalue weighted by molar-refractivity contribution is 5.79. The summed E-state index contributed by atoms with van der Waals surface area (Å²) in [5.74, 6) is 1.04. The van der Waals surface area contributed by atoms with Crippen LogP contribution in [-0.4, -0.2) is 23.0 Å². The van der Waals surface area contributed by atoms with Crippen molar-refractivity contribution in [2.24, 2.45) is 11.8 Å². The second kappa shape index (κ2) is 6.90. The minimum Gasteiger partial charge on any atom is -0.353 e. The van der Waals surface area contributed by atoms with Gasteiger partial charge in [0.1, 0.15) is 0 Å². The summed E-state index contributed by atoms with van der Waals surface area (Å²) in [5.41, 5.74) is 0.231. The van der Waals surface area contributed by atoms with Gasteiger partial charge in [-0.1, -0.05) is 40.0 Å². The Morgan fingerprint density at radius 2 is 1.77 bits per heavy atom. The molecule has 2 rings (SSSR count). The van der Waals surface area contributed by atoms with Crippen LogP contribution < -0.4 is 10.6 Å². The molecule has 1 aliphatic heterocycles. The number of hydrogen-bond acceptors (Lipinski definition) is 2. The maximum absolute atomic E-state index is 12.7. The van der Waals surface area contributed by atoms with Crippen LogP contribution in [0, 0.1) is 11.8 Å². The summed E-state index contributed by atoms with van der Waals surface area (Å²) in [6, 6.07) is 0.297. The van der Waals surface area contributed by atoms with Crippen molar-refractivity contribution in [2.75, 3.05) is 0 Å². The van der Waals surface area contributed by atoms with Crippen molar-refractivity contribution in [3.05, 3.63) is 0 Å². The molecule has 128 valence electrons. The third kappa shape index (κ3) is 3.67. The van der Waals surface area contributed by atoms with Crippen LogP contribution >= 0.6 is 0 Å². The molecule has 0 spiro atoms. The first-order valence-electron chi connectivity index (χ1n) is 9.43. The van der Waals surface area contributed by atoms with Gasteiger partial charge in [-0.15, -0.1) is 0 Å². The van der Waals surface area contributed by atoms with Gasteiger partial charge in [-0.3, -0.25) is 4.79 Å². The SMILES string of the molecule is CCC1(C)CC(NC(=O)C2CCCCC2)C(C)C(C)(CC)N1. The molecule has 0 aromatic rings. The van der Waals surface area contributed by atoms with E-state index >= 15 is 0 Å². The lowest BCUT2D eigenvalue weighted by Gasteiger charge is -2.53. The van der Waals surface area contributed by atoms with E-state index in [2.05, 4.69) is 45.3 Å². The Bertz CT molecular complexity index is 391. The maximum atomic E-state index is 12.7. The molecule has 2 N–H and O–H groups in total. The lowest BCUT2D eigenvalue weighted by Crippen LogP contribution is -2.68. The summed E-state index contributed by atoms with van der Waals surface area (Å²) in [7, 11) is 0. The van der Waals surface area contributed by atoms with Gasteiger partial charge in [0, 0.05) is 23.0 Å². The summed E-state index contributed by atoms with van der Waals surface area (Å²) < 4.78 is 0. The monoisotopic (exact) mass is 308 g/mol. The van der Waals surface area contributed by atoms with Gasteiger partial charge in [0.25, 0.3) is 0 Å². The third-order valence-corrected chi connectivity index (χ3v) is 6.68. The zero-order chi connectivity index (χ0) is 16.4. The molecule has 0 aromatic heterocycles. The number of carbonyl (C=O) groups is 1. The molecule has 2 fully saturated rings.